The third-order valence-corrected chi connectivity index (χ3v) is 4.31. The molecule has 3 atom stereocenters. The molecule has 2 rings (SSSR count). The molecule has 0 aromatic carbocycles. The van der Waals surface area contributed by atoms with Gasteiger partial charge in [-0.2, -0.15) is 0 Å². The molecule has 62 valence electrons. The molecular formula is C8H11ClOS. The molecule has 2 fully saturated rings. The Morgan fingerprint density at radius 1 is 1.45 bits per heavy atom. The summed E-state index contributed by atoms with van der Waals surface area (Å²) in [6.07, 6.45) is 4.09. The van der Waals surface area contributed by atoms with Crippen LogP contribution in [0.4, 0.5) is 0 Å². The molecule has 1 saturated heterocycles. The van der Waals surface area contributed by atoms with Crippen LogP contribution in [0.5, 0.6) is 0 Å². The van der Waals surface area contributed by atoms with E-state index in [1.807, 2.05) is 0 Å². The number of alkyl halides is 1. The SMILES string of the molecule is O=C1CC2CC(Cl)CCC2S1. The van der Waals surface area contributed by atoms with Crippen molar-refractivity contribution in [3.05, 3.63) is 0 Å². The van der Waals surface area contributed by atoms with E-state index in [2.05, 4.69) is 0 Å². The zero-order chi connectivity index (χ0) is 7.84. The lowest BCUT2D eigenvalue weighted by molar-refractivity contribution is -0.111. The molecule has 11 heavy (non-hydrogen) atoms. The molecule has 2 aliphatic rings. The van der Waals surface area contributed by atoms with Crippen molar-refractivity contribution in [3.63, 3.8) is 0 Å². The van der Waals surface area contributed by atoms with Crippen LogP contribution in [0, 0.1) is 5.92 Å². The smallest absolute Gasteiger partial charge is 0.189 e. The van der Waals surface area contributed by atoms with Gasteiger partial charge in [0.15, 0.2) is 5.12 Å². The van der Waals surface area contributed by atoms with Gasteiger partial charge in [0.25, 0.3) is 0 Å². The summed E-state index contributed by atoms with van der Waals surface area (Å²) in [5.41, 5.74) is 0. The summed E-state index contributed by atoms with van der Waals surface area (Å²) in [6.45, 7) is 0. The molecule has 0 N–H and O–H groups in total. The van der Waals surface area contributed by atoms with Gasteiger partial charge >= 0.3 is 0 Å². The maximum atomic E-state index is 11.0. The van der Waals surface area contributed by atoms with Crippen molar-refractivity contribution in [1.29, 1.82) is 0 Å². The molecule has 1 heterocycles. The lowest BCUT2D eigenvalue weighted by atomic mass is 9.87. The molecular weight excluding hydrogens is 180 g/mol. The second-order valence-corrected chi connectivity index (χ2v) is 5.32. The quantitative estimate of drug-likeness (QED) is 0.546. The second-order valence-electron chi connectivity index (χ2n) is 3.40. The predicted octanol–water partition coefficient (Wildman–Crippen LogP) is 2.43. The van der Waals surface area contributed by atoms with Gasteiger partial charge in [0.05, 0.1) is 0 Å². The Labute approximate surface area is 75.9 Å². The van der Waals surface area contributed by atoms with E-state index in [1.54, 1.807) is 11.8 Å². The molecule has 0 aromatic rings. The molecule has 3 unspecified atom stereocenters. The van der Waals surface area contributed by atoms with E-state index in [1.165, 1.54) is 0 Å². The van der Waals surface area contributed by atoms with Gasteiger partial charge in [0.2, 0.25) is 0 Å². The summed E-state index contributed by atoms with van der Waals surface area (Å²) in [5.74, 6) is 0.601. The van der Waals surface area contributed by atoms with Gasteiger partial charge < -0.3 is 0 Å². The second kappa shape index (κ2) is 2.98. The minimum atomic E-state index is 0.336. The summed E-state index contributed by atoms with van der Waals surface area (Å²) < 4.78 is 0. The van der Waals surface area contributed by atoms with Crippen LogP contribution in [-0.2, 0) is 4.79 Å². The van der Waals surface area contributed by atoms with Crippen LogP contribution < -0.4 is 0 Å². The Hall–Kier alpha value is 0.310. The Morgan fingerprint density at radius 3 is 3.09 bits per heavy atom. The van der Waals surface area contributed by atoms with Crippen molar-refractivity contribution in [2.24, 2.45) is 5.92 Å². The van der Waals surface area contributed by atoms with Crippen molar-refractivity contribution < 1.29 is 4.79 Å². The summed E-state index contributed by atoms with van der Waals surface area (Å²) in [6, 6.07) is 0. The molecule has 0 bridgehead atoms. The van der Waals surface area contributed by atoms with Crippen LogP contribution in [0.2, 0.25) is 0 Å². The fourth-order valence-electron chi connectivity index (χ4n) is 1.98. The van der Waals surface area contributed by atoms with Gasteiger partial charge in [0.1, 0.15) is 0 Å². The molecule has 1 aliphatic heterocycles. The van der Waals surface area contributed by atoms with Gasteiger partial charge in [-0.05, 0) is 25.2 Å². The minimum Gasteiger partial charge on any atom is -0.287 e. The first-order valence-corrected chi connectivity index (χ1v) is 5.41. The van der Waals surface area contributed by atoms with Crippen molar-refractivity contribution >= 4 is 28.5 Å². The summed E-state index contributed by atoms with van der Waals surface area (Å²) in [4.78, 5) is 11.0. The Bertz CT molecular complexity index is 183. The zero-order valence-electron chi connectivity index (χ0n) is 6.25. The van der Waals surface area contributed by atoms with Gasteiger partial charge in [0, 0.05) is 17.0 Å². The third kappa shape index (κ3) is 1.57. The van der Waals surface area contributed by atoms with E-state index < -0.39 is 0 Å². The standard InChI is InChI=1S/C8H11ClOS/c9-6-1-2-7-5(3-6)4-8(10)11-7/h5-7H,1-4H2. The molecule has 1 nitrogen and oxygen atoms in total. The Kier molecular flexibility index (Phi) is 2.15. The Balaban J connectivity index is 2.02. The monoisotopic (exact) mass is 190 g/mol. The predicted molar refractivity (Wildman–Crippen MR) is 48.0 cm³/mol. The highest BCUT2D eigenvalue weighted by Gasteiger charge is 2.37. The summed E-state index contributed by atoms with van der Waals surface area (Å²) in [7, 11) is 0. The number of thioether (sulfide) groups is 1. The fourth-order valence-corrected chi connectivity index (χ4v) is 3.64. The fraction of sp³-hybridized carbons (Fsp3) is 0.875. The lowest BCUT2D eigenvalue weighted by Gasteiger charge is -2.26. The lowest BCUT2D eigenvalue weighted by Crippen LogP contribution is -2.23. The molecule has 0 radical (unpaired) electrons. The zero-order valence-corrected chi connectivity index (χ0v) is 7.83. The van der Waals surface area contributed by atoms with Crippen LogP contribution in [0.25, 0.3) is 0 Å². The van der Waals surface area contributed by atoms with E-state index in [9.17, 15) is 4.79 Å². The molecule has 1 saturated carbocycles. The normalized spacial score (nSPS) is 44.1. The van der Waals surface area contributed by atoms with Gasteiger partial charge in [-0.1, -0.05) is 11.8 Å². The van der Waals surface area contributed by atoms with Crippen molar-refractivity contribution in [2.45, 2.75) is 36.3 Å². The van der Waals surface area contributed by atoms with Crippen LogP contribution in [0.1, 0.15) is 25.7 Å². The van der Waals surface area contributed by atoms with Crippen LogP contribution in [0.3, 0.4) is 0 Å². The van der Waals surface area contributed by atoms with Crippen LogP contribution in [-0.4, -0.2) is 15.7 Å². The van der Waals surface area contributed by atoms with Crippen molar-refractivity contribution in [1.82, 2.24) is 0 Å². The molecule has 0 amide bonds. The molecule has 3 heteroatoms. The summed E-state index contributed by atoms with van der Waals surface area (Å²) >= 11 is 7.56. The van der Waals surface area contributed by atoms with Crippen molar-refractivity contribution in [2.75, 3.05) is 0 Å². The van der Waals surface area contributed by atoms with Crippen LogP contribution in [0.15, 0.2) is 0 Å². The number of fused-ring (bicyclic) bond motifs is 1. The first-order valence-electron chi connectivity index (χ1n) is 4.09. The minimum absolute atomic E-state index is 0.336. The van der Waals surface area contributed by atoms with E-state index in [-0.39, 0.29) is 0 Å². The number of hydrogen-bond donors (Lipinski definition) is 0. The number of carbonyl (C=O) groups excluding carboxylic acids is 1. The van der Waals surface area contributed by atoms with Gasteiger partial charge in [-0.15, -0.1) is 11.6 Å². The highest BCUT2D eigenvalue weighted by molar-refractivity contribution is 8.14. The number of halogens is 1. The van der Waals surface area contributed by atoms with E-state index >= 15 is 0 Å². The van der Waals surface area contributed by atoms with Gasteiger partial charge in [-0.25, -0.2) is 0 Å². The average molecular weight is 191 g/mol. The first-order chi connectivity index (χ1) is 5.25. The van der Waals surface area contributed by atoms with E-state index in [0.29, 0.717) is 21.7 Å². The first kappa shape index (κ1) is 7.93. The van der Waals surface area contributed by atoms with Crippen LogP contribution >= 0.6 is 23.4 Å². The average Bonchev–Trinajstić information content (AvgIpc) is 2.27. The molecule has 0 spiro atoms. The maximum absolute atomic E-state index is 11.0. The van der Waals surface area contributed by atoms with Gasteiger partial charge in [-0.3, -0.25) is 4.79 Å². The number of rotatable bonds is 0. The largest absolute Gasteiger partial charge is 0.287 e. The molecule has 0 aromatic heterocycles. The maximum Gasteiger partial charge on any atom is 0.189 e. The molecule has 1 aliphatic carbocycles. The summed E-state index contributed by atoms with van der Waals surface area (Å²) in [5, 5.41) is 1.33. The third-order valence-electron chi connectivity index (χ3n) is 2.56. The highest BCUT2D eigenvalue weighted by Crippen LogP contribution is 2.43. The number of hydrogen-bond acceptors (Lipinski definition) is 2. The van der Waals surface area contributed by atoms with Crippen molar-refractivity contribution in [3.8, 4) is 0 Å². The Morgan fingerprint density at radius 2 is 2.27 bits per heavy atom. The highest BCUT2D eigenvalue weighted by atomic mass is 35.5. The number of carbonyl (C=O) groups is 1. The topological polar surface area (TPSA) is 17.1 Å². The van der Waals surface area contributed by atoms with E-state index in [0.717, 1.165) is 25.7 Å². The van der Waals surface area contributed by atoms with E-state index in [4.69, 9.17) is 11.6 Å².